The Balaban J connectivity index is 1.63. The summed E-state index contributed by atoms with van der Waals surface area (Å²) in [5.74, 6) is 0.915. The normalized spacial score (nSPS) is 18.5. The molecule has 1 amide bonds. The van der Waals surface area contributed by atoms with Gasteiger partial charge in [-0.2, -0.15) is 0 Å². The topological polar surface area (TPSA) is 73.4 Å². The molecule has 26 heavy (non-hydrogen) atoms. The molecule has 5 rings (SSSR count). The molecular formula is C18H20N6OS. The van der Waals surface area contributed by atoms with Crippen LogP contribution in [0.2, 0.25) is 0 Å². The minimum Gasteiger partial charge on any atom is -0.381 e. The van der Waals surface area contributed by atoms with E-state index in [9.17, 15) is 4.79 Å². The zero-order valence-electron chi connectivity index (χ0n) is 14.6. The fourth-order valence-corrected chi connectivity index (χ4v) is 4.72. The van der Waals surface area contributed by atoms with Crippen LogP contribution in [0.15, 0.2) is 18.3 Å². The summed E-state index contributed by atoms with van der Waals surface area (Å²) >= 11 is 1.51. The first-order valence-electron chi connectivity index (χ1n) is 8.88. The van der Waals surface area contributed by atoms with Crippen LogP contribution >= 0.6 is 11.3 Å². The Morgan fingerprint density at radius 2 is 1.92 bits per heavy atom. The Bertz CT molecular complexity index is 1010. The molecule has 2 aliphatic rings. The zero-order chi connectivity index (χ0) is 17.7. The van der Waals surface area contributed by atoms with Crippen molar-refractivity contribution in [3.8, 4) is 0 Å². The van der Waals surface area contributed by atoms with Crippen molar-refractivity contribution < 1.29 is 4.79 Å². The Morgan fingerprint density at radius 1 is 1.12 bits per heavy atom. The third-order valence-corrected chi connectivity index (χ3v) is 6.25. The molecule has 0 saturated carbocycles. The number of carbonyl (C=O) groups excluding carboxylic acids is 1. The Morgan fingerprint density at radius 3 is 2.77 bits per heavy atom. The molecule has 134 valence electrons. The van der Waals surface area contributed by atoms with E-state index < -0.39 is 0 Å². The van der Waals surface area contributed by atoms with E-state index in [0.717, 1.165) is 63.7 Å². The quantitative estimate of drug-likeness (QED) is 0.682. The standard InChI is InChI=1S/C18H20N6OS/c1-23-6-8-24(9-7-23)13-10-21-15-11(22-13)2-3-12-14(15)16-17(26-12)18(25)20-5-4-19-16/h2-3,10,19H,4-9H2,1H3,(H,20,25). The van der Waals surface area contributed by atoms with Crippen LogP contribution < -0.4 is 15.5 Å². The van der Waals surface area contributed by atoms with Gasteiger partial charge in [-0.3, -0.25) is 4.79 Å². The SMILES string of the molecule is CN1CCN(c2cnc3c(ccc4sc5c(c43)NCCNC5=O)n2)CC1. The van der Waals surface area contributed by atoms with Crippen molar-refractivity contribution in [3.05, 3.63) is 23.2 Å². The first-order chi connectivity index (χ1) is 12.7. The van der Waals surface area contributed by atoms with Gasteiger partial charge in [-0.05, 0) is 19.2 Å². The monoisotopic (exact) mass is 368 g/mol. The highest BCUT2D eigenvalue weighted by atomic mass is 32.1. The molecule has 0 bridgehead atoms. The van der Waals surface area contributed by atoms with Crippen molar-refractivity contribution in [2.75, 3.05) is 56.5 Å². The number of amides is 1. The van der Waals surface area contributed by atoms with Gasteiger partial charge < -0.3 is 20.4 Å². The molecule has 2 N–H and O–H groups in total. The third kappa shape index (κ3) is 2.48. The summed E-state index contributed by atoms with van der Waals surface area (Å²) in [5.41, 5.74) is 2.63. The van der Waals surface area contributed by atoms with Gasteiger partial charge in [0.25, 0.3) is 5.91 Å². The lowest BCUT2D eigenvalue weighted by Crippen LogP contribution is -2.44. The molecule has 1 saturated heterocycles. The number of nitrogens with one attached hydrogen (secondary N) is 2. The van der Waals surface area contributed by atoms with E-state index in [2.05, 4.69) is 27.5 Å². The van der Waals surface area contributed by atoms with Gasteiger partial charge in [-0.25, -0.2) is 9.97 Å². The highest BCUT2D eigenvalue weighted by molar-refractivity contribution is 7.21. The van der Waals surface area contributed by atoms with Gasteiger partial charge in [-0.15, -0.1) is 11.3 Å². The zero-order valence-corrected chi connectivity index (χ0v) is 15.4. The molecule has 8 heteroatoms. The molecule has 0 unspecified atom stereocenters. The summed E-state index contributed by atoms with van der Waals surface area (Å²) in [4.78, 5) is 27.3. The Labute approximate surface area is 155 Å². The van der Waals surface area contributed by atoms with E-state index in [4.69, 9.17) is 9.97 Å². The predicted molar refractivity (Wildman–Crippen MR) is 105 cm³/mol. The van der Waals surface area contributed by atoms with Crippen molar-refractivity contribution in [2.24, 2.45) is 0 Å². The number of likely N-dealkylation sites (N-methyl/N-ethyl adjacent to an activating group) is 1. The number of carbonyl (C=O) groups is 1. The molecule has 2 aliphatic heterocycles. The van der Waals surface area contributed by atoms with E-state index in [1.54, 1.807) is 0 Å². The summed E-state index contributed by atoms with van der Waals surface area (Å²) in [7, 11) is 2.14. The number of nitrogens with zero attached hydrogens (tertiary/aromatic N) is 4. The number of hydrogen-bond acceptors (Lipinski definition) is 7. The highest BCUT2D eigenvalue weighted by Crippen LogP contribution is 2.40. The third-order valence-electron chi connectivity index (χ3n) is 5.10. The van der Waals surface area contributed by atoms with Crippen LogP contribution in [0.4, 0.5) is 11.5 Å². The van der Waals surface area contributed by atoms with Gasteiger partial charge in [0, 0.05) is 49.4 Å². The van der Waals surface area contributed by atoms with Crippen molar-refractivity contribution in [2.45, 2.75) is 0 Å². The van der Waals surface area contributed by atoms with E-state index in [-0.39, 0.29) is 5.91 Å². The number of anilines is 2. The fourth-order valence-electron chi connectivity index (χ4n) is 3.62. The molecule has 0 aliphatic carbocycles. The molecule has 2 aromatic heterocycles. The number of benzene rings is 1. The second-order valence-corrected chi connectivity index (χ2v) is 7.87. The summed E-state index contributed by atoms with van der Waals surface area (Å²) in [6, 6.07) is 4.06. The number of rotatable bonds is 1. The maximum absolute atomic E-state index is 12.3. The van der Waals surface area contributed by atoms with E-state index in [0.29, 0.717) is 13.1 Å². The Hall–Kier alpha value is -2.45. The van der Waals surface area contributed by atoms with Gasteiger partial charge in [-0.1, -0.05) is 0 Å². The lowest BCUT2D eigenvalue weighted by molar-refractivity contribution is 0.0962. The fraction of sp³-hybridized carbons (Fsp3) is 0.389. The Kier molecular flexibility index (Phi) is 3.68. The van der Waals surface area contributed by atoms with Crippen LogP contribution in [0.1, 0.15) is 9.67 Å². The number of aromatic nitrogens is 2. The summed E-state index contributed by atoms with van der Waals surface area (Å²) in [5, 5.41) is 7.34. The van der Waals surface area contributed by atoms with Crippen molar-refractivity contribution in [1.82, 2.24) is 20.2 Å². The largest absolute Gasteiger partial charge is 0.381 e. The van der Waals surface area contributed by atoms with Crippen LogP contribution in [-0.2, 0) is 0 Å². The summed E-state index contributed by atoms with van der Waals surface area (Å²) < 4.78 is 1.06. The van der Waals surface area contributed by atoms with Crippen LogP contribution in [0.3, 0.4) is 0 Å². The molecule has 7 nitrogen and oxygen atoms in total. The molecule has 0 atom stereocenters. The van der Waals surface area contributed by atoms with E-state index in [1.165, 1.54) is 11.3 Å². The molecule has 1 fully saturated rings. The second-order valence-electron chi connectivity index (χ2n) is 6.81. The predicted octanol–water partition coefficient (Wildman–Crippen LogP) is 1.75. The smallest absolute Gasteiger partial charge is 0.263 e. The molecule has 3 aromatic rings. The van der Waals surface area contributed by atoms with Crippen LogP contribution in [0, 0.1) is 0 Å². The lowest BCUT2D eigenvalue weighted by Gasteiger charge is -2.33. The number of fused-ring (bicyclic) bond motifs is 5. The number of hydrogen-bond donors (Lipinski definition) is 2. The summed E-state index contributed by atoms with van der Waals surface area (Å²) in [6.45, 7) is 5.36. The molecular weight excluding hydrogens is 348 g/mol. The van der Waals surface area contributed by atoms with Gasteiger partial charge >= 0.3 is 0 Å². The highest BCUT2D eigenvalue weighted by Gasteiger charge is 2.23. The van der Waals surface area contributed by atoms with Crippen LogP contribution in [0.25, 0.3) is 21.1 Å². The van der Waals surface area contributed by atoms with Gasteiger partial charge in [0.1, 0.15) is 10.7 Å². The average Bonchev–Trinajstić information content (AvgIpc) is 2.95. The molecule has 0 spiro atoms. The maximum atomic E-state index is 12.3. The first-order valence-corrected chi connectivity index (χ1v) is 9.70. The van der Waals surface area contributed by atoms with Crippen molar-refractivity contribution in [1.29, 1.82) is 0 Å². The van der Waals surface area contributed by atoms with Gasteiger partial charge in [0.15, 0.2) is 0 Å². The van der Waals surface area contributed by atoms with Gasteiger partial charge in [0.05, 0.1) is 22.9 Å². The van der Waals surface area contributed by atoms with Crippen LogP contribution in [0.5, 0.6) is 0 Å². The van der Waals surface area contributed by atoms with E-state index >= 15 is 0 Å². The van der Waals surface area contributed by atoms with Crippen molar-refractivity contribution in [3.63, 3.8) is 0 Å². The van der Waals surface area contributed by atoms with Gasteiger partial charge in [0.2, 0.25) is 0 Å². The molecule has 1 aromatic carbocycles. The molecule has 4 heterocycles. The van der Waals surface area contributed by atoms with Crippen molar-refractivity contribution >= 4 is 49.9 Å². The number of thiophene rings is 1. The molecule has 0 radical (unpaired) electrons. The van der Waals surface area contributed by atoms with E-state index in [1.807, 2.05) is 18.3 Å². The second kappa shape index (κ2) is 6.07. The minimum atomic E-state index is -0.0126. The average molecular weight is 368 g/mol. The lowest BCUT2D eigenvalue weighted by atomic mass is 10.1. The maximum Gasteiger partial charge on any atom is 0.263 e. The minimum absolute atomic E-state index is 0.0126. The summed E-state index contributed by atoms with van der Waals surface area (Å²) in [6.07, 6.45) is 1.87. The first kappa shape index (κ1) is 15.8. The van der Waals surface area contributed by atoms with Crippen LogP contribution in [-0.4, -0.2) is 67.1 Å². The number of piperazine rings is 1.